The highest BCUT2D eigenvalue weighted by molar-refractivity contribution is 5.61. The van der Waals surface area contributed by atoms with Crippen molar-refractivity contribution in [2.45, 2.75) is 6.92 Å². The smallest absolute Gasteiger partial charge is 0.0411 e. The molecule has 0 saturated carbocycles. The van der Waals surface area contributed by atoms with Crippen molar-refractivity contribution in [1.82, 2.24) is 0 Å². The van der Waals surface area contributed by atoms with Crippen molar-refractivity contribution in [3.8, 4) is 0 Å². The van der Waals surface area contributed by atoms with Crippen LogP contribution in [0.25, 0.3) is 0 Å². The maximum absolute atomic E-state index is 3.12. The van der Waals surface area contributed by atoms with E-state index in [0.29, 0.717) is 0 Å². The van der Waals surface area contributed by atoms with Crippen molar-refractivity contribution in [2.24, 2.45) is 0 Å². The van der Waals surface area contributed by atoms with Gasteiger partial charge in [-0.25, -0.2) is 0 Å². The summed E-state index contributed by atoms with van der Waals surface area (Å²) < 4.78 is 0. The van der Waals surface area contributed by atoms with Crippen LogP contribution in [0.1, 0.15) is 5.56 Å². The third kappa shape index (κ3) is 1.70. The molecule has 0 spiro atoms. The normalized spacial score (nSPS) is 9.67. The van der Waals surface area contributed by atoms with E-state index in [2.05, 4.69) is 49.4 Å². The minimum Gasteiger partial charge on any atom is -0.388 e. The van der Waals surface area contributed by atoms with Crippen LogP contribution in [-0.2, 0) is 0 Å². The summed E-state index contributed by atoms with van der Waals surface area (Å²) in [5.74, 6) is 0. The molecule has 0 aliphatic carbocycles. The SMILES string of the molecule is CNc1ccc(C)c(N(C)C)c1. The molecular formula is C10H16N2. The highest BCUT2D eigenvalue weighted by atomic mass is 15.1. The van der Waals surface area contributed by atoms with Gasteiger partial charge in [0.2, 0.25) is 0 Å². The van der Waals surface area contributed by atoms with E-state index in [1.807, 2.05) is 7.05 Å². The third-order valence-corrected chi connectivity index (χ3v) is 1.98. The average molecular weight is 164 g/mol. The molecule has 0 amide bonds. The molecule has 66 valence electrons. The van der Waals surface area contributed by atoms with E-state index in [1.165, 1.54) is 11.3 Å². The predicted molar refractivity (Wildman–Crippen MR) is 55.1 cm³/mol. The Balaban J connectivity index is 3.08. The number of aryl methyl sites for hydroxylation is 1. The Morgan fingerprint density at radius 1 is 1.25 bits per heavy atom. The summed E-state index contributed by atoms with van der Waals surface area (Å²) in [4.78, 5) is 2.12. The van der Waals surface area contributed by atoms with Crippen LogP contribution in [0.2, 0.25) is 0 Å². The summed E-state index contributed by atoms with van der Waals surface area (Å²) in [6, 6.07) is 6.36. The standard InChI is InChI=1S/C10H16N2/c1-8-5-6-9(11-2)7-10(8)12(3)4/h5-7,11H,1-4H3. The van der Waals surface area contributed by atoms with Crippen LogP contribution in [-0.4, -0.2) is 21.1 Å². The topological polar surface area (TPSA) is 15.3 Å². The van der Waals surface area contributed by atoms with E-state index in [-0.39, 0.29) is 0 Å². The van der Waals surface area contributed by atoms with Gasteiger partial charge in [0.1, 0.15) is 0 Å². The van der Waals surface area contributed by atoms with Crippen LogP contribution in [0, 0.1) is 6.92 Å². The van der Waals surface area contributed by atoms with Crippen LogP contribution in [0.5, 0.6) is 0 Å². The zero-order valence-electron chi connectivity index (χ0n) is 8.18. The van der Waals surface area contributed by atoms with E-state index in [0.717, 1.165) is 5.69 Å². The molecule has 1 N–H and O–H groups in total. The molecule has 0 heterocycles. The van der Waals surface area contributed by atoms with Gasteiger partial charge in [0.25, 0.3) is 0 Å². The average Bonchev–Trinajstić information content (AvgIpc) is 2.05. The van der Waals surface area contributed by atoms with Gasteiger partial charge in [0.05, 0.1) is 0 Å². The Morgan fingerprint density at radius 2 is 1.92 bits per heavy atom. The summed E-state index contributed by atoms with van der Waals surface area (Å²) in [5, 5.41) is 3.12. The molecule has 0 aromatic heterocycles. The Labute approximate surface area is 74.2 Å². The third-order valence-electron chi connectivity index (χ3n) is 1.98. The van der Waals surface area contributed by atoms with Gasteiger partial charge in [0.15, 0.2) is 0 Å². The van der Waals surface area contributed by atoms with Gasteiger partial charge in [-0.2, -0.15) is 0 Å². The quantitative estimate of drug-likeness (QED) is 0.720. The summed E-state index contributed by atoms with van der Waals surface area (Å²) in [6.45, 7) is 2.12. The van der Waals surface area contributed by atoms with Gasteiger partial charge in [-0.05, 0) is 24.6 Å². The second kappa shape index (κ2) is 3.48. The number of hydrogen-bond acceptors (Lipinski definition) is 2. The van der Waals surface area contributed by atoms with Gasteiger partial charge in [-0.3, -0.25) is 0 Å². The molecule has 0 saturated heterocycles. The lowest BCUT2D eigenvalue weighted by Gasteiger charge is -2.16. The molecule has 1 rings (SSSR count). The Hall–Kier alpha value is -1.18. The van der Waals surface area contributed by atoms with Crippen LogP contribution < -0.4 is 10.2 Å². The summed E-state index contributed by atoms with van der Waals surface area (Å²) in [7, 11) is 6.05. The van der Waals surface area contributed by atoms with Crippen LogP contribution >= 0.6 is 0 Å². The fraction of sp³-hybridized carbons (Fsp3) is 0.400. The summed E-state index contributed by atoms with van der Waals surface area (Å²) in [5.41, 5.74) is 3.73. The van der Waals surface area contributed by atoms with Gasteiger partial charge in [-0.15, -0.1) is 0 Å². The van der Waals surface area contributed by atoms with Crippen LogP contribution in [0.4, 0.5) is 11.4 Å². The van der Waals surface area contributed by atoms with E-state index >= 15 is 0 Å². The summed E-state index contributed by atoms with van der Waals surface area (Å²) in [6.07, 6.45) is 0. The Kier molecular flexibility index (Phi) is 2.58. The lowest BCUT2D eigenvalue weighted by Crippen LogP contribution is -2.10. The van der Waals surface area contributed by atoms with Crippen molar-refractivity contribution < 1.29 is 0 Å². The first-order chi connectivity index (χ1) is 5.65. The number of hydrogen-bond donors (Lipinski definition) is 1. The molecule has 0 aliphatic rings. The maximum atomic E-state index is 3.12. The Morgan fingerprint density at radius 3 is 2.42 bits per heavy atom. The van der Waals surface area contributed by atoms with E-state index in [4.69, 9.17) is 0 Å². The van der Waals surface area contributed by atoms with E-state index in [9.17, 15) is 0 Å². The lowest BCUT2D eigenvalue weighted by atomic mass is 10.1. The molecule has 0 aliphatic heterocycles. The maximum Gasteiger partial charge on any atom is 0.0411 e. The molecular weight excluding hydrogens is 148 g/mol. The van der Waals surface area contributed by atoms with Gasteiger partial charge < -0.3 is 10.2 Å². The first kappa shape index (κ1) is 8.91. The fourth-order valence-electron chi connectivity index (χ4n) is 1.25. The molecule has 0 fully saturated rings. The van der Waals surface area contributed by atoms with Gasteiger partial charge in [-0.1, -0.05) is 6.07 Å². The second-order valence-corrected chi connectivity index (χ2v) is 3.15. The van der Waals surface area contributed by atoms with Crippen LogP contribution in [0.15, 0.2) is 18.2 Å². The number of benzene rings is 1. The highest BCUT2D eigenvalue weighted by Gasteiger charge is 2.00. The van der Waals surface area contributed by atoms with Crippen molar-refractivity contribution in [1.29, 1.82) is 0 Å². The molecule has 0 radical (unpaired) electrons. The molecule has 1 aromatic rings. The van der Waals surface area contributed by atoms with Gasteiger partial charge >= 0.3 is 0 Å². The lowest BCUT2D eigenvalue weighted by molar-refractivity contribution is 1.11. The first-order valence-corrected chi connectivity index (χ1v) is 4.11. The molecule has 0 atom stereocenters. The van der Waals surface area contributed by atoms with Crippen molar-refractivity contribution in [2.75, 3.05) is 31.4 Å². The monoisotopic (exact) mass is 164 g/mol. The predicted octanol–water partition coefficient (Wildman–Crippen LogP) is 2.10. The first-order valence-electron chi connectivity index (χ1n) is 4.11. The number of nitrogens with one attached hydrogen (secondary N) is 1. The molecule has 2 heteroatoms. The van der Waals surface area contributed by atoms with E-state index < -0.39 is 0 Å². The molecule has 12 heavy (non-hydrogen) atoms. The summed E-state index contributed by atoms with van der Waals surface area (Å²) >= 11 is 0. The highest BCUT2D eigenvalue weighted by Crippen LogP contribution is 2.21. The van der Waals surface area contributed by atoms with Crippen molar-refractivity contribution >= 4 is 11.4 Å². The minimum atomic E-state index is 1.16. The largest absolute Gasteiger partial charge is 0.388 e. The second-order valence-electron chi connectivity index (χ2n) is 3.15. The number of anilines is 2. The molecule has 0 unspecified atom stereocenters. The van der Waals surface area contributed by atoms with Gasteiger partial charge in [0, 0.05) is 32.5 Å². The number of nitrogens with zero attached hydrogens (tertiary/aromatic N) is 1. The zero-order chi connectivity index (χ0) is 9.14. The fourth-order valence-corrected chi connectivity index (χ4v) is 1.25. The number of rotatable bonds is 2. The van der Waals surface area contributed by atoms with E-state index in [1.54, 1.807) is 0 Å². The zero-order valence-corrected chi connectivity index (χ0v) is 8.18. The molecule has 0 bridgehead atoms. The van der Waals surface area contributed by atoms with Crippen molar-refractivity contribution in [3.63, 3.8) is 0 Å². The molecule has 2 nitrogen and oxygen atoms in total. The minimum absolute atomic E-state index is 1.16. The molecule has 1 aromatic carbocycles. The van der Waals surface area contributed by atoms with Crippen LogP contribution in [0.3, 0.4) is 0 Å². The van der Waals surface area contributed by atoms with Crippen molar-refractivity contribution in [3.05, 3.63) is 23.8 Å². The Bertz CT molecular complexity index is 267.